The highest BCUT2D eigenvalue weighted by atomic mass is 19.4. The van der Waals surface area contributed by atoms with Crippen LogP contribution in [0.5, 0.6) is 0 Å². The van der Waals surface area contributed by atoms with Crippen LogP contribution < -0.4 is 20.9 Å². The van der Waals surface area contributed by atoms with Crippen molar-refractivity contribution in [1.82, 2.24) is 20.3 Å². The molecule has 0 unspecified atom stereocenters. The molecule has 3 N–H and O–H groups in total. The molecule has 2 aromatic heterocycles. The molecule has 1 aliphatic heterocycles. The summed E-state index contributed by atoms with van der Waals surface area (Å²) in [5, 5.41) is 8.60. The lowest BCUT2D eigenvalue weighted by atomic mass is 10.1. The number of methoxy groups -OCH3 is 1. The Morgan fingerprint density at radius 3 is 2.75 bits per heavy atom. The SMILES string of the molecule is CO[C@H]1CCN(c2cc(Nc3ncc(C(=O)NCCCC(F)(F)F)c(NC(C)C)n3)ccn2)C[C@H]1F. The van der Waals surface area contributed by atoms with Gasteiger partial charge in [0, 0.05) is 56.8 Å². The van der Waals surface area contributed by atoms with E-state index < -0.39 is 30.8 Å². The maximum Gasteiger partial charge on any atom is 0.389 e. The Balaban J connectivity index is 1.70. The molecule has 1 saturated heterocycles. The third-order valence-electron chi connectivity index (χ3n) is 5.49. The van der Waals surface area contributed by atoms with Crippen LogP contribution in [0.2, 0.25) is 0 Å². The maximum atomic E-state index is 14.3. The molecule has 2 atom stereocenters. The average Bonchev–Trinajstić information content (AvgIpc) is 2.81. The summed E-state index contributed by atoms with van der Waals surface area (Å²) < 4.78 is 56.5. The van der Waals surface area contributed by atoms with Gasteiger partial charge >= 0.3 is 6.18 Å². The molecule has 36 heavy (non-hydrogen) atoms. The minimum Gasteiger partial charge on any atom is -0.378 e. The van der Waals surface area contributed by atoms with Crippen LogP contribution in [-0.4, -0.2) is 72.1 Å². The van der Waals surface area contributed by atoms with Gasteiger partial charge in [-0.25, -0.2) is 14.4 Å². The third kappa shape index (κ3) is 7.90. The molecule has 198 valence electrons. The highest BCUT2D eigenvalue weighted by Gasteiger charge is 2.30. The normalized spacial score (nSPS) is 18.3. The van der Waals surface area contributed by atoms with Crippen molar-refractivity contribution in [2.45, 2.75) is 57.6 Å². The number of nitrogens with zero attached hydrogens (tertiary/aromatic N) is 4. The summed E-state index contributed by atoms with van der Waals surface area (Å²) in [6.45, 7) is 4.36. The van der Waals surface area contributed by atoms with Gasteiger partial charge < -0.3 is 25.6 Å². The van der Waals surface area contributed by atoms with Gasteiger partial charge in [0.15, 0.2) is 0 Å². The van der Waals surface area contributed by atoms with Gasteiger partial charge in [-0.05, 0) is 32.8 Å². The van der Waals surface area contributed by atoms with Gasteiger partial charge in [-0.2, -0.15) is 18.2 Å². The summed E-state index contributed by atoms with van der Waals surface area (Å²) in [7, 11) is 1.50. The molecule has 3 rings (SSSR count). The van der Waals surface area contributed by atoms with Crippen molar-refractivity contribution in [3.05, 3.63) is 30.1 Å². The molecule has 0 radical (unpaired) electrons. The maximum absolute atomic E-state index is 14.3. The Kier molecular flexibility index (Phi) is 9.24. The summed E-state index contributed by atoms with van der Waals surface area (Å²) in [6, 6.07) is 3.39. The van der Waals surface area contributed by atoms with Gasteiger partial charge in [-0.15, -0.1) is 0 Å². The number of hydrogen-bond donors (Lipinski definition) is 3. The zero-order valence-electron chi connectivity index (χ0n) is 20.4. The monoisotopic (exact) mass is 513 g/mol. The Bertz CT molecular complexity index is 1020. The molecule has 0 aromatic carbocycles. The number of aromatic nitrogens is 3. The zero-order valence-corrected chi connectivity index (χ0v) is 20.4. The Hall–Kier alpha value is -3.22. The number of amides is 1. The van der Waals surface area contributed by atoms with Gasteiger partial charge in [0.2, 0.25) is 5.95 Å². The van der Waals surface area contributed by atoms with E-state index in [4.69, 9.17) is 4.74 Å². The van der Waals surface area contributed by atoms with E-state index in [0.717, 1.165) is 0 Å². The van der Waals surface area contributed by atoms with Crippen molar-refractivity contribution in [2.75, 3.05) is 42.3 Å². The topological polar surface area (TPSA) is 104 Å². The Morgan fingerprint density at radius 2 is 2.08 bits per heavy atom. The van der Waals surface area contributed by atoms with Crippen LogP contribution >= 0.6 is 0 Å². The lowest BCUT2D eigenvalue weighted by molar-refractivity contribution is -0.135. The van der Waals surface area contributed by atoms with E-state index in [1.54, 1.807) is 18.3 Å². The number of ether oxygens (including phenoxy) is 1. The molecule has 1 fully saturated rings. The van der Waals surface area contributed by atoms with Crippen LogP contribution in [0.4, 0.5) is 40.8 Å². The van der Waals surface area contributed by atoms with Gasteiger partial charge in [-0.3, -0.25) is 4.79 Å². The second kappa shape index (κ2) is 12.2. The van der Waals surface area contributed by atoms with Crippen LogP contribution in [0.15, 0.2) is 24.5 Å². The molecule has 0 aliphatic carbocycles. The van der Waals surface area contributed by atoms with Gasteiger partial charge in [0.1, 0.15) is 23.4 Å². The highest BCUT2D eigenvalue weighted by molar-refractivity contribution is 5.98. The van der Waals surface area contributed by atoms with Crippen LogP contribution in [0.3, 0.4) is 0 Å². The lowest BCUT2D eigenvalue weighted by Gasteiger charge is -2.34. The number of carbonyl (C=O) groups excluding carboxylic acids is 1. The Morgan fingerprint density at radius 1 is 1.31 bits per heavy atom. The largest absolute Gasteiger partial charge is 0.389 e. The van der Waals surface area contributed by atoms with Crippen molar-refractivity contribution < 1.29 is 27.1 Å². The first kappa shape index (κ1) is 27.4. The van der Waals surface area contributed by atoms with Gasteiger partial charge in [-0.1, -0.05) is 0 Å². The number of nitrogens with one attached hydrogen (secondary N) is 3. The highest BCUT2D eigenvalue weighted by Crippen LogP contribution is 2.25. The first-order valence-electron chi connectivity index (χ1n) is 11.7. The number of anilines is 4. The number of halogens is 4. The van der Waals surface area contributed by atoms with E-state index >= 15 is 0 Å². The number of alkyl halides is 4. The minimum atomic E-state index is -4.27. The van der Waals surface area contributed by atoms with E-state index in [2.05, 4.69) is 30.9 Å². The van der Waals surface area contributed by atoms with E-state index in [9.17, 15) is 22.4 Å². The third-order valence-corrected chi connectivity index (χ3v) is 5.49. The van der Waals surface area contributed by atoms with E-state index in [0.29, 0.717) is 24.5 Å². The fraction of sp³-hybridized carbons (Fsp3) is 0.565. The molecular formula is C23H31F4N7O2. The number of rotatable bonds is 10. The Labute approximate surface area is 207 Å². The summed E-state index contributed by atoms with van der Waals surface area (Å²) in [5.41, 5.74) is 0.732. The van der Waals surface area contributed by atoms with E-state index in [-0.39, 0.29) is 42.9 Å². The van der Waals surface area contributed by atoms with Crippen molar-refractivity contribution in [2.24, 2.45) is 0 Å². The molecule has 1 aliphatic rings. The molecule has 0 spiro atoms. The predicted octanol–water partition coefficient (Wildman–Crippen LogP) is 4.07. The number of pyridine rings is 1. The van der Waals surface area contributed by atoms with Crippen LogP contribution in [0.25, 0.3) is 0 Å². The lowest BCUT2D eigenvalue weighted by Crippen LogP contribution is -2.45. The van der Waals surface area contributed by atoms with Gasteiger partial charge in [0.05, 0.1) is 12.6 Å². The van der Waals surface area contributed by atoms with Crippen molar-refractivity contribution >= 4 is 29.2 Å². The minimum absolute atomic E-state index is 0.0688. The molecule has 2 aromatic rings. The smallest absolute Gasteiger partial charge is 0.378 e. The van der Waals surface area contributed by atoms with E-state index in [1.165, 1.54) is 13.3 Å². The summed E-state index contributed by atoms with van der Waals surface area (Å²) in [5.74, 6) is 0.461. The number of hydrogen-bond acceptors (Lipinski definition) is 8. The number of piperidine rings is 1. The fourth-order valence-corrected chi connectivity index (χ4v) is 3.73. The second-order valence-electron chi connectivity index (χ2n) is 8.78. The van der Waals surface area contributed by atoms with Crippen molar-refractivity contribution in [3.8, 4) is 0 Å². The fourth-order valence-electron chi connectivity index (χ4n) is 3.73. The quantitative estimate of drug-likeness (QED) is 0.323. The van der Waals surface area contributed by atoms with E-state index in [1.807, 2.05) is 18.7 Å². The van der Waals surface area contributed by atoms with Crippen LogP contribution in [-0.2, 0) is 4.74 Å². The zero-order chi connectivity index (χ0) is 26.3. The standard InChI is InChI=1S/C23H31F4N7O2/c1-14(2)31-20-16(21(35)29-8-4-7-23(25,26)27)12-30-22(33-20)32-15-5-9-28-19(11-15)34-10-6-18(36-3)17(24)13-34/h5,9,11-12,14,17-18H,4,6-8,10,13H2,1-3H3,(H,29,35)(H2,28,30,31,32,33)/t17-,18+/m1/s1. The van der Waals surface area contributed by atoms with Crippen LogP contribution in [0, 0.1) is 0 Å². The summed E-state index contributed by atoms with van der Waals surface area (Å²) in [6.07, 6.45) is -3.58. The second-order valence-corrected chi connectivity index (χ2v) is 8.78. The summed E-state index contributed by atoms with van der Waals surface area (Å²) in [4.78, 5) is 27.3. The first-order valence-corrected chi connectivity index (χ1v) is 11.7. The molecule has 1 amide bonds. The van der Waals surface area contributed by atoms with Gasteiger partial charge in [0.25, 0.3) is 5.91 Å². The molecule has 0 bridgehead atoms. The number of carbonyl (C=O) groups is 1. The molecule has 13 heteroatoms. The molecule has 9 nitrogen and oxygen atoms in total. The summed E-state index contributed by atoms with van der Waals surface area (Å²) >= 11 is 0. The van der Waals surface area contributed by atoms with Crippen LogP contribution in [0.1, 0.15) is 43.5 Å². The molecule has 0 saturated carbocycles. The molecule has 3 heterocycles. The van der Waals surface area contributed by atoms with Crippen molar-refractivity contribution in [3.63, 3.8) is 0 Å². The molecular weight excluding hydrogens is 482 g/mol. The first-order chi connectivity index (χ1) is 17.1. The average molecular weight is 514 g/mol. The van der Waals surface area contributed by atoms with Crippen molar-refractivity contribution in [1.29, 1.82) is 0 Å². The predicted molar refractivity (Wildman–Crippen MR) is 128 cm³/mol.